The quantitative estimate of drug-likeness (QED) is 0.0871. The van der Waals surface area contributed by atoms with Gasteiger partial charge in [-0.15, -0.1) is 0 Å². The Labute approximate surface area is 271 Å². The van der Waals surface area contributed by atoms with Gasteiger partial charge in [-0.3, -0.25) is 9.59 Å². The van der Waals surface area contributed by atoms with Crippen LogP contribution in [0.3, 0.4) is 0 Å². The molecule has 0 aromatic rings. The average molecular weight is 681 g/mol. The highest BCUT2D eigenvalue weighted by Gasteiger charge is 2.53. The summed E-state index contributed by atoms with van der Waals surface area (Å²) in [6.07, 6.45) is -15.9. The second-order valence-electron chi connectivity index (χ2n) is 13.3. The Kier molecular flexibility index (Phi) is 12.5. The number of aliphatic hydroxyl groups excluding tert-OH is 8. The summed E-state index contributed by atoms with van der Waals surface area (Å²) in [5.41, 5.74) is 0. The third-order valence-electron chi connectivity index (χ3n) is 10.0. The molecule has 3 heterocycles. The van der Waals surface area contributed by atoms with E-state index < -0.39 is 129 Å². The smallest absolute Gasteiger partial charge is 0.317 e. The molecule has 0 aromatic carbocycles. The van der Waals surface area contributed by atoms with E-state index in [0.29, 0.717) is 32.1 Å². The first-order valence-electron chi connectivity index (χ1n) is 16.3. The molecule has 5 aliphatic rings. The fourth-order valence-electron chi connectivity index (χ4n) is 7.32. The van der Waals surface area contributed by atoms with Gasteiger partial charge < -0.3 is 74.0 Å². The molecule has 2 aliphatic carbocycles. The van der Waals surface area contributed by atoms with Gasteiger partial charge in [0.1, 0.15) is 55.8 Å². The van der Waals surface area contributed by atoms with E-state index in [-0.39, 0.29) is 18.8 Å². The fraction of sp³-hybridized carbons (Fsp3) is 0.933. The van der Waals surface area contributed by atoms with E-state index in [1.165, 1.54) is 0 Å². The van der Waals surface area contributed by atoms with Crippen molar-refractivity contribution in [1.29, 1.82) is 0 Å². The van der Waals surface area contributed by atoms with Gasteiger partial charge in [0.2, 0.25) is 0 Å². The predicted molar refractivity (Wildman–Crippen MR) is 152 cm³/mol. The number of fused-ring (bicyclic) bond motifs is 1. The number of hydrogen-bond acceptors (Lipinski definition) is 17. The summed E-state index contributed by atoms with van der Waals surface area (Å²) in [7, 11) is 1.10. The van der Waals surface area contributed by atoms with E-state index in [1.807, 2.05) is 0 Å². The lowest BCUT2D eigenvalue weighted by Gasteiger charge is -2.51. The molecule has 17 heteroatoms. The highest BCUT2D eigenvalue weighted by Crippen LogP contribution is 2.43. The van der Waals surface area contributed by atoms with Gasteiger partial charge >= 0.3 is 11.9 Å². The van der Waals surface area contributed by atoms with Crippen LogP contribution >= 0.6 is 0 Å². The van der Waals surface area contributed by atoms with Crippen LogP contribution in [-0.4, -0.2) is 165 Å². The molecule has 47 heavy (non-hydrogen) atoms. The molecule has 270 valence electrons. The first kappa shape index (κ1) is 36.7. The maximum Gasteiger partial charge on any atom is 0.317 e. The number of methoxy groups -OCH3 is 1. The summed E-state index contributed by atoms with van der Waals surface area (Å²) < 4.78 is 39.8. The minimum atomic E-state index is -1.78. The van der Waals surface area contributed by atoms with Crippen LogP contribution in [0.4, 0.5) is 0 Å². The van der Waals surface area contributed by atoms with Crippen molar-refractivity contribution < 1.29 is 83.6 Å². The summed E-state index contributed by atoms with van der Waals surface area (Å²) in [6.45, 7) is -1.00. The highest BCUT2D eigenvalue weighted by atomic mass is 16.8. The summed E-state index contributed by atoms with van der Waals surface area (Å²) in [5.74, 6) is -2.30. The monoisotopic (exact) mass is 680 g/mol. The SMILES string of the molecule is COC(=O)CC(=O)OC[C@H]1O[C@@H](OC2CC3C(O)CC(O)CC3OC2C2CCC(O)CC2)[C@H](O[C@@H]2OC[C@@H](O)[C@H](O)[C@H]2O)[C@@H](O)[C@H]1O. The highest BCUT2D eigenvalue weighted by molar-refractivity contribution is 5.91. The number of esters is 2. The Balaban J connectivity index is 1.38. The van der Waals surface area contributed by atoms with Crippen molar-refractivity contribution >= 4 is 11.9 Å². The van der Waals surface area contributed by atoms with E-state index in [9.17, 15) is 50.4 Å². The lowest BCUT2D eigenvalue weighted by Crippen LogP contribution is -2.65. The minimum absolute atomic E-state index is 0.0748. The van der Waals surface area contributed by atoms with Crippen LogP contribution in [-0.2, 0) is 42.7 Å². The lowest BCUT2D eigenvalue weighted by atomic mass is 9.73. The maximum absolute atomic E-state index is 12.1. The van der Waals surface area contributed by atoms with Crippen LogP contribution in [0.25, 0.3) is 0 Å². The molecule has 0 aromatic heterocycles. The van der Waals surface area contributed by atoms with Crippen molar-refractivity contribution in [3.63, 3.8) is 0 Å². The van der Waals surface area contributed by atoms with Crippen molar-refractivity contribution in [1.82, 2.24) is 0 Å². The molecule has 8 N–H and O–H groups in total. The zero-order valence-electron chi connectivity index (χ0n) is 26.1. The van der Waals surface area contributed by atoms with Gasteiger partial charge in [-0.2, -0.15) is 0 Å². The second-order valence-corrected chi connectivity index (χ2v) is 13.3. The van der Waals surface area contributed by atoms with Gasteiger partial charge in [-0.25, -0.2) is 0 Å². The second kappa shape index (κ2) is 16.0. The van der Waals surface area contributed by atoms with Crippen molar-refractivity contribution in [2.45, 2.75) is 143 Å². The predicted octanol–water partition coefficient (Wildman–Crippen LogP) is -3.41. The third-order valence-corrected chi connectivity index (χ3v) is 10.0. The van der Waals surface area contributed by atoms with Crippen molar-refractivity contribution in [2.24, 2.45) is 11.8 Å². The molecule has 6 unspecified atom stereocenters. The lowest BCUT2D eigenvalue weighted by molar-refractivity contribution is -0.371. The van der Waals surface area contributed by atoms with Gasteiger partial charge in [0.25, 0.3) is 0 Å². The van der Waals surface area contributed by atoms with Gasteiger partial charge in [-0.05, 0) is 50.9 Å². The van der Waals surface area contributed by atoms with E-state index in [4.69, 9.17) is 28.4 Å². The molecule has 3 aliphatic heterocycles. The standard InChI is InChI=1S/C30H48O17/c1-41-21(35)9-22(36)42-11-20-24(38)25(39)28(47-29-26(40)23(37)17(34)10-43-29)30(46-20)45-19-8-15-16(33)6-14(32)7-18(15)44-27(19)12-2-4-13(31)5-3-12/h12-20,23-34,37-40H,2-11H2,1H3/t12?,13?,14?,15?,16?,17-,18?,19?,20-,23+,24+,25+,26-,27?,28-,29+,30-/m1/s1. The van der Waals surface area contributed by atoms with Crippen LogP contribution in [0, 0.1) is 11.8 Å². The molecule has 3 saturated heterocycles. The summed E-state index contributed by atoms with van der Waals surface area (Å²) in [4.78, 5) is 23.6. The van der Waals surface area contributed by atoms with Gasteiger partial charge in [0.05, 0.1) is 50.3 Å². The van der Waals surface area contributed by atoms with Crippen LogP contribution < -0.4 is 0 Å². The Morgan fingerprint density at radius 3 is 2.15 bits per heavy atom. The number of carbonyl (C=O) groups excluding carboxylic acids is 2. The third kappa shape index (κ3) is 8.60. The van der Waals surface area contributed by atoms with E-state index in [0.717, 1.165) is 7.11 Å². The number of aliphatic hydroxyl groups is 8. The number of hydrogen-bond donors (Lipinski definition) is 8. The fourth-order valence-corrected chi connectivity index (χ4v) is 7.32. The molecule has 2 saturated carbocycles. The van der Waals surface area contributed by atoms with Gasteiger partial charge in [0, 0.05) is 5.92 Å². The minimum Gasteiger partial charge on any atom is -0.469 e. The molecule has 0 amide bonds. The van der Waals surface area contributed by atoms with E-state index >= 15 is 0 Å². The molecule has 5 fully saturated rings. The van der Waals surface area contributed by atoms with Crippen LogP contribution in [0.1, 0.15) is 51.4 Å². The van der Waals surface area contributed by atoms with E-state index in [2.05, 4.69) is 4.74 Å². The summed E-state index contributed by atoms with van der Waals surface area (Å²) in [5, 5.41) is 84.2. The largest absolute Gasteiger partial charge is 0.469 e. The van der Waals surface area contributed by atoms with Crippen molar-refractivity contribution in [3.05, 3.63) is 0 Å². The van der Waals surface area contributed by atoms with Crippen LogP contribution in [0.15, 0.2) is 0 Å². The number of ether oxygens (including phenoxy) is 7. The normalized spacial score (nSPS) is 47.5. The number of rotatable bonds is 9. The van der Waals surface area contributed by atoms with Crippen molar-refractivity contribution in [3.8, 4) is 0 Å². The van der Waals surface area contributed by atoms with Crippen LogP contribution in [0.5, 0.6) is 0 Å². The van der Waals surface area contributed by atoms with E-state index in [1.54, 1.807) is 0 Å². The molecule has 17 nitrogen and oxygen atoms in total. The Morgan fingerprint density at radius 1 is 0.723 bits per heavy atom. The van der Waals surface area contributed by atoms with Crippen molar-refractivity contribution in [2.75, 3.05) is 20.3 Å². The van der Waals surface area contributed by atoms with Gasteiger partial charge in [0.15, 0.2) is 12.6 Å². The Bertz CT molecular complexity index is 1040. The molecule has 5 rings (SSSR count). The molecule has 0 spiro atoms. The van der Waals surface area contributed by atoms with Crippen LogP contribution in [0.2, 0.25) is 0 Å². The zero-order valence-corrected chi connectivity index (χ0v) is 26.1. The molecule has 15 atom stereocenters. The summed E-state index contributed by atoms with van der Waals surface area (Å²) in [6, 6.07) is 0. The van der Waals surface area contributed by atoms with Gasteiger partial charge in [-0.1, -0.05) is 0 Å². The Hall–Kier alpha value is -1.58. The molecule has 0 bridgehead atoms. The Morgan fingerprint density at radius 2 is 1.45 bits per heavy atom. The summed E-state index contributed by atoms with van der Waals surface area (Å²) >= 11 is 0. The molecular weight excluding hydrogens is 632 g/mol. The first-order chi connectivity index (χ1) is 22.4. The zero-order chi connectivity index (χ0) is 34.0. The first-order valence-corrected chi connectivity index (χ1v) is 16.3. The molecular formula is C30H48O17. The molecule has 0 radical (unpaired) electrons. The topological polar surface area (TPSA) is 261 Å². The number of carbonyl (C=O) groups is 2. The maximum atomic E-state index is 12.1. The average Bonchev–Trinajstić information content (AvgIpc) is 3.04.